The Balaban J connectivity index is 0.000000360. The van der Waals surface area contributed by atoms with E-state index in [2.05, 4.69) is 10.2 Å². The molecule has 2 N–H and O–H groups in total. The van der Waals surface area contributed by atoms with Crippen molar-refractivity contribution < 1.29 is 37.0 Å². The van der Waals surface area contributed by atoms with E-state index < -0.39 is 12.1 Å². The second kappa shape index (κ2) is 10.6. The maximum atomic E-state index is 13.9. The molecule has 10 heteroatoms. The summed E-state index contributed by atoms with van der Waals surface area (Å²) in [5.74, 6) is -1.71. The Morgan fingerprint density at radius 1 is 1.19 bits per heavy atom. The molecule has 3 aliphatic rings. The van der Waals surface area contributed by atoms with E-state index in [1.165, 1.54) is 18.9 Å². The highest BCUT2D eigenvalue weighted by molar-refractivity contribution is 5.78. The average molecular weight is 460 g/mol. The third kappa shape index (κ3) is 7.16. The quantitative estimate of drug-likeness (QED) is 0.660. The number of likely N-dealkylation sites (tertiary alicyclic amines) is 1. The van der Waals surface area contributed by atoms with Crippen LogP contribution in [0.15, 0.2) is 24.3 Å². The number of rotatable bonds is 5. The Morgan fingerprint density at radius 3 is 2.50 bits per heavy atom. The molecule has 2 saturated heterocycles. The van der Waals surface area contributed by atoms with Gasteiger partial charge in [-0.3, -0.25) is 9.69 Å². The van der Waals surface area contributed by atoms with Gasteiger partial charge in [-0.2, -0.15) is 13.2 Å². The molecular weight excluding hydrogens is 432 g/mol. The first-order chi connectivity index (χ1) is 15.1. The SMILES string of the molecule is O=C(NCC1CC1)[C@H]1CO[C@H]2CCN(Cc3ccccc3F)C[C@H]2C1.O=C(O)C(F)(F)F. The van der Waals surface area contributed by atoms with Gasteiger partial charge >= 0.3 is 12.1 Å². The van der Waals surface area contributed by atoms with E-state index in [0.717, 1.165) is 38.0 Å². The molecule has 3 atom stereocenters. The molecule has 1 saturated carbocycles. The van der Waals surface area contributed by atoms with Crippen molar-refractivity contribution in [2.45, 2.75) is 44.5 Å². The number of halogens is 4. The van der Waals surface area contributed by atoms with Crippen molar-refractivity contribution in [2.75, 3.05) is 26.2 Å². The van der Waals surface area contributed by atoms with E-state index in [1.807, 2.05) is 12.1 Å². The number of nitrogens with one attached hydrogen (secondary N) is 1. The van der Waals surface area contributed by atoms with Gasteiger partial charge in [0.2, 0.25) is 5.91 Å². The lowest BCUT2D eigenvalue weighted by molar-refractivity contribution is -0.192. The molecule has 6 nitrogen and oxygen atoms in total. The number of aliphatic carboxylic acids is 1. The summed E-state index contributed by atoms with van der Waals surface area (Å²) in [4.78, 5) is 23.6. The standard InChI is InChI=1S/C20H27FN2O2.C2HF3O2/c21-18-4-2-1-3-15(18)11-23-8-7-19-16(12-23)9-17(13-25-19)20(24)22-10-14-5-6-14;3-2(4,5)1(6)7/h1-4,14,16-17,19H,5-13H2,(H,22,24);(H,6,7)/t16-,17-,19+;/m1./s1. The van der Waals surface area contributed by atoms with E-state index in [9.17, 15) is 22.4 Å². The van der Waals surface area contributed by atoms with Gasteiger partial charge in [0.1, 0.15) is 5.82 Å². The van der Waals surface area contributed by atoms with Crippen LogP contribution < -0.4 is 5.32 Å². The van der Waals surface area contributed by atoms with Crippen LogP contribution in [-0.4, -0.2) is 60.4 Å². The Morgan fingerprint density at radius 2 is 1.88 bits per heavy atom. The van der Waals surface area contributed by atoms with Gasteiger partial charge in [0.25, 0.3) is 0 Å². The number of ether oxygens (including phenoxy) is 1. The second-order valence-corrected chi connectivity index (χ2v) is 8.67. The van der Waals surface area contributed by atoms with Crippen LogP contribution in [0.5, 0.6) is 0 Å². The lowest BCUT2D eigenvalue weighted by Crippen LogP contribution is -2.50. The fraction of sp³-hybridized carbons (Fsp3) is 0.636. The Hall–Kier alpha value is -2.20. The molecule has 0 aromatic heterocycles. The summed E-state index contributed by atoms with van der Waals surface area (Å²) in [7, 11) is 0. The molecule has 2 aliphatic heterocycles. The van der Waals surface area contributed by atoms with Gasteiger partial charge in [-0.15, -0.1) is 0 Å². The first kappa shape index (κ1) is 24.4. The Labute approximate surface area is 183 Å². The van der Waals surface area contributed by atoms with Crippen LogP contribution >= 0.6 is 0 Å². The molecule has 2 heterocycles. The molecule has 1 aromatic carbocycles. The van der Waals surface area contributed by atoms with Gasteiger partial charge in [-0.25, -0.2) is 9.18 Å². The second-order valence-electron chi connectivity index (χ2n) is 8.67. The van der Waals surface area contributed by atoms with Crippen LogP contribution in [-0.2, 0) is 20.9 Å². The third-order valence-corrected chi connectivity index (χ3v) is 6.07. The van der Waals surface area contributed by atoms with E-state index in [0.29, 0.717) is 25.0 Å². The van der Waals surface area contributed by atoms with Crippen LogP contribution in [0.1, 0.15) is 31.2 Å². The Bertz CT molecular complexity index is 800. The summed E-state index contributed by atoms with van der Waals surface area (Å²) in [6.07, 6.45) is -0.483. The molecule has 1 amide bonds. The zero-order chi connectivity index (χ0) is 23.3. The zero-order valence-corrected chi connectivity index (χ0v) is 17.6. The maximum Gasteiger partial charge on any atom is 0.490 e. The van der Waals surface area contributed by atoms with Crippen molar-refractivity contribution >= 4 is 11.9 Å². The number of hydrogen-bond donors (Lipinski definition) is 2. The minimum Gasteiger partial charge on any atom is -0.475 e. The predicted molar refractivity (Wildman–Crippen MR) is 107 cm³/mol. The number of carbonyl (C=O) groups is 2. The monoisotopic (exact) mass is 460 g/mol. The maximum absolute atomic E-state index is 13.9. The van der Waals surface area contributed by atoms with Crippen LogP contribution in [0.25, 0.3) is 0 Å². The number of carboxylic acid groups (broad SMARTS) is 1. The molecule has 1 aliphatic carbocycles. The Kier molecular flexibility index (Phi) is 8.10. The molecule has 178 valence electrons. The lowest BCUT2D eigenvalue weighted by Gasteiger charge is -2.43. The highest BCUT2D eigenvalue weighted by Crippen LogP contribution is 2.33. The topological polar surface area (TPSA) is 78.9 Å². The molecule has 4 rings (SSSR count). The number of fused-ring (bicyclic) bond motifs is 1. The summed E-state index contributed by atoms with van der Waals surface area (Å²) < 4.78 is 51.6. The first-order valence-corrected chi connectivity index (χ1v) is 10.8. The highest BCUT2D eigenvalue weighted by atomic mass is 19.4. The van der Waals surface area contributed by atoms with E-state index >= 15 is 0 Å². The van der Waals surface area contributed by atoms with Crippen molar-refractivity contribution in [3.63, 3.8) is 0 Å². The molecule has 1 aromatic rings. The lowest BCUT2D eigenvalue weighted by atomic mass is 9.83. The molecule has 0 bridgehead atoms. The van der Waals surface area contributed by atoms with Gasteiger partial charge < -0.3 is 15.2 Å². The summed E-state index contributed by atoms with van der Waals surface area (Å²) in [6.45, 7) is 3.81. The van der Waals surface area contributed by atoms with Crippen LogP contribution in [0.3, 0.4) is 0 Å². The highest BCUT2D eigenvalue weighted by Gasteiger charge is 2.39. The number of carboxylic acids is 1. The van der Waals surface area contributed by atoms with Crippen molar-refractivity contribution in [1.29, 1.82) is 0 Å². The number of alkyl halides is 3. The van der Waals surface area contributed by atoms with E-state index in [4.69, 9.17) is 14.6 Å². The number of amides is 1. The summed E-state index contributed by atoms with van der Waals surface area (Å²) >= 11 is 0. The number of benzene rings is 1. The molecule has 0 unspecified atom stereocenters. The average Bonchev–Trinajstić information content (AvgIpc) is 3.57. The van der Waals surface area contributed by atoms with Gasteiger partial charge in [-0.1, -0.05) is 18.2 Å². The van der Waals surface area contributed by atoms with Gasteiger partial charge in [0, 0.05) is 31.7 Å². The van der Waals surface area contributed by atoms with Crippen molar-refractivity contribution in [3.8, 4) is 0 Å². The van der Waals surface area contributed by atoms with Gasteiger partial charge in [-0.05, 0) is 43.6 Å². The van der Waals surface area contributed by atoms with Crippen LogP contribution in [0.2, 0.25) is 0 Å². The van der Waals surface area contributed by atoms with Crippen molar-refractivity contribution in [2.24, 2.45) is 17.8 Å². The molecule has 0 spiro atoms. The molecular formula is C22H28F4N2O4. The van der Waals surface area contributed by atoms with Crippen molar-refractivity contribution in [3.05, 3.63) is 35.6 Å². The number of piperidine rings is 1. The molecule has 32 heavy (non-hydrogen) atoms. The summed E-state index contributed by atoms with van der Waals surface area (Å²) in [5, 5.41) is 10.2. The largest absolute Gasteiger partial charge is 0.490 e. The third-order valence-electron chi connectivity index (χ3n) is 6.07. The van der Waals surface area contributed by atoms with E-state index in [1.54, 1.807) is 6.07 Å². The fourth-order valence-corrected chi connectivity index (χ4v) is 4.11. The summed E-state index contributed by atoms with van der Waals surface area (Å²) in [6, 6.07) is 6.99. The number of carbonyl (C=O) groups excluding carboxylic acids is 1. The normalized spacial score (nSPS) is 25.8. The minimum absolute atomic E-state index is 0.0339. The zero-order valence-electron chi connectivity index (χ0n) is 17.6. The predicted octanol–water partition coefficient (Wildman–Crippen LogP) is 3.21. The van der Waals surface area contributed by atoms with Crippen LogP contribution in [0.4, 0.5) is 17.6 Å². The molecule has 3 fully saturated rings. The first-order valence-electron chi connectivity index (χ1n) is 10.8. The minimum atomic E-state index is -5.08. The smallest absolute Gasteiger partial charge is 0.475 e. The molecule has 0 radical (unpaired) electrons. The van der Waals surface area contributed by atoms with Gasteiger partial charge in [0.05, 0.1) is 18.6 Å². The summed E-state index contributed by atoms with van der Waals surface area (Å²) in [5.41, 5.74) is 0.747. The van der Waals surface area contributed by atoms with Crippen LogP contribution in [0, 0.1) is 23.6 Å². The number of hydrogen-bond acceptors (Lipinski definition) is 4. The van der Waals surface area contributed by atoms with Crippen molar-refractivity contribution in [1.82, 2.24) is 10.2 Å². The number of nitrogens with zero attached hydrogens (tertiary/aromatic N) is 1. The fourth-order valence-electron chi connectivity index (χ4n) is 4.11. The van der Waals surface area contributed by atoms with E-state index in [-0.39, 0.29) is 23.7 Å². The van der Waals surface area contributed by atoms with Gasteiger partial charge in [0.15, 0.2) is 0 Å².